The summed E-state index contributed by atoms with van der Waals surface area (Å²) in [7, 11) is 0. The van der Waals surface area contributed by atoms with Gasteiger partial charge in [-0.3, -0.25) is 0 Å². The van der Waals surface area contributed by atoms with E-state index in [1.165, 1.54) is 0 Å². The fourth-order valence-corrected chi connectivity index (χ4v) is 4.49. The van der Waals surface area contributed by atoms with Crippen molar-refractivity contribution in [1.29, 1.82) is 0 Å². The molecule has 182 valence electrons. The number of anilines is 4. The van der Waals surface area contributed by atoms with Crippen LogP contribution in [-0.4, -0.2) is 0 Å². The van der Waals surface area contributed by atoms with Crippen LogP contribution in [0.3, 0.4) is 0 Å². The lowest BCUT2D eigenvalue weighted by Crippen LogP contribution is -2.12. The van der Waals surface area contributed by atoms with Crippen molar-refractivity contribution >= 4 is 22.7 Å². The molecule has 0 bridgehead atoms. The predicted octanol–water partition coefficient (Wildman–Crippen LogP) is 8.81. The maximum absolute atomic E-state index is 15.2. The lowest BCUT2D eigenvalue weighted by molar-refractivity contribution is 0.413. The van der Waals surface area contributed by atoms with E-state index in [2.05, 4.69) is 10.6 Å². The third kappa shape index (κ3) is 3.83. The maximum Gasteiger partial charge on any atom is 0.199 e. The van der Waals surface area contributed by atoms with Crippen LogP contribution in [0.15, 0.2) is 0 Å². The molecule has 2 nitrogen and oxygen atoms in total. The number of halogens is 4. The van der Waals surface area contributed by atoms with Crippen LogP contribution in [-0.2, 0) is 0 Å². The molecule has 0 amide bonds. The summed E-state index contributed by atoms with van der Waals surface area (Å²) < 4.78 is 59.1. The lowest BCUT2D eigenvalue weighted by Gasteiger charge is -2.24. The summed E-state index contributed by atoms with van der Waals surface area (Å²) in [6.45, 7) is 19.2. The van der Waals surface area contributed by atoms with Crippen LogP contribution in [0.2, 0.25) is 0 Å². The Bertz CT molecular complexity index is 1180. The van der Waals surface area contributed by atoms with Crippen LogP contribution in [0, 0.1) is 92.5 Å². The molecule has 0 saturated carbocycles. The van der Waals surface area contributed by atoms with Crippen molar-refractivity contribution in [2.24, 2.45) is 0 Å². The van der Waals surface area contributed by atoms with E-state index >= 15 is 8.78 Å². The first-order valence-electron chi connectivity index (χ1n) is 11.3. The van der Waals surface area contributed by atoms with Crippen LogP contribution in [0.4, 0.5) is 40.3 Å². The summed E-state index contributed by atoms with van der Waals surface area (Å²) in [5, 5.41) is 5.82. The Hall–Kier alpha value is -3.02. The Morgan fingerprint density at radius 3 is 0.735 bits per heavy atom. The molecule has 0 heterocycles. The first-order valence-corrected chi connectivity index (χ1v) is 11.3. The SMILES string of the molecule is Cc1c(C)c(C)c(Nc2c(F)c(F)c(F)c(F)c2Nc2c(C)c(C)c(C)c(C)c2C)c(C)c1C. The topological polar surface area (TPSA) is 24.1 Å². The highest BCUT2D eigenvalue weighted by Crippen LogP contribution is 2.42. The molecule has 34 heavy (non-hydrogen) atoms. The van der Waals surface area contributed by atoms with E-state index in [-0.39, 0.29) is 0 Å². The van der Waals surface area contributed by atoms with Gasteiger partial charge in [-0.05, 0) is 125 Å². The van der Waals surface area contributed by atoms with E-state index < -0.39 is 34.6 Å². The quantitative estimate of drug-likeness (QED) is 0.225. The smallest absolute Gasteiger partial charge is 0.199 e. The highest BCUT2D eigenvalue weighted by atomic mass is 19.2. The van der Waals surface area contributed by atoms with E-state index in [1.807, 2.05) is 69.2 Å². The van der Waals surface area contributed by atoms with Gasteiger partial charge in [-0.1, -0.05) is 0 Å². The van der Waals surface area contributed by atoms with E-state index in [4.69, 9.17) is 0 Å². The van der Waals surface area contributed by atoms with Crippen LogP contribution in [0.25, 0.3) is 0 Å². The highest BCUT2D eigenvalue weighted by molar-refractivity contribution is 5.84. The van der Waals surface area contributed by atoms with Crippen molar-refractivity contribution in [3.05, 3.63) is 78.9 Å². The largest absolute Gasteiger partial charge is 0.351 e. The third-order valence-electron chi connectivity index (χ3n) is 7.77. The van der Waals surface area contributed by atoms with Gasteiger partial charge in [0.1, 0.15) is 11.4 Å². The second-order valence-corrected chi connectivity index (χ2v) is 9.26. The highest BCUT2D eigenvalue weighted by Gasteiger charge is 2.28. The first-order chi connectivity index (χ1) is 15.7. The molecule has 0 aromatic heterocycles. The van der Waals surface area contributed by atoms with Gasteiger partial charge in [0.05, 0.1) is 0 Å². The fraction of sp³-hybridized carbons (Fsp3) is 0.357. The molecular formula is C28H32F4N2. The molecule has 2 N–H and O–H groups in total. The van der Waals surface area contributed by atoms with Crippen molar-refractivity contribution in [2.75, 3.05) is 10.6 Å². The van der Waals surface area contributed by atoms with Crippen molar-refractivity contribution in [1.82, 2.24) is 0 Å². The van der Waals surface area contributed by atoms with Gasteiger partial charge >= 0.3 is 0 Å². The van der Waals surface area contributed by atoms with Gasteiger partial charge < -0.3 is 10.6 Å². The molecule has 0 radical (unpaired) electrons. The summed E-state index contributed by atoms with van der Waals surface area (Å²) >= 11 is 0. The molecule has 0 unspecified atom stereocenters. The van der Waals surface area contributed by atoms with Crippen molar-refractivity contribution in [3.8, 4) is 0 Å². The first kappa shape index (κ1) is 25.6. The van der Waals surface area contributed by atoms with E-state index in [0.29, 0.717) is 11.4 Å². The second-order valence-electron chi connectivity index (χ2n) is 9.26. The summed E-state index contributed by atoms with van der Waals surface area (Å²) in [5.41, 5.74) is 9.56. The third-order valence-corrected chi connectivity index (χ3v) is 7.77. The molecule has 3 aromatic carbocycles. The van der Waals surface area contributed by atoms with Gasteiger partial charge in [-0.15, -0.1) is 0 Å². The molecule has 0 aliphatic rings. The average molecular weight is 473 g/mol. The molecule has 0 saturated heterocycles. The Morgan fingerprint density at radius 1 is 0.294 bits per heavy atom. The average Bonchev–Trinajstić information content (AvgIpc) is 2.82. The number of benzene rings is 3. The van der Waals surface area contributed by atoms with E-state index in [0.717, 1.165) is 55.6 Å². The Kier molecular flexibility index (Phi) is 6.75. The van der Waals surface area contributed by atoms with Crippen LogP contribution in [0.1, 0.15) is 55.6 Å². The monoisotopic (exact) mass is 472 g/mol. The van der Waals surface area contributed by atoms with Crippen LogP contribution in [0.5, 0.6) is 0 Å². The molecule has 0 spiro atoms. The normalized spacial score (nSPS) is 11.2. The Balaban J connectivity index is 2.32. The standard InChI is InChI=1S/C28H32F4N2/c1-11-13(3)17(7)25(18(8)14(11)4)33-27-23(31)21(29)22(30)24(32)28(27)34-26-19(9)15(5)12(2)16(6)20(26)10/h33-34H,1-10H3. The molecule has 0 aliphatic heterocycles. The van der Waals surface area contributed by atoms with Crippen LogP contribution < -0.4 is 10.6 Å². The van der Waals surface area contributed by atoms with E-state index in [9.17, 15) is 8.78 Å². The van der Waals surface area contributed by atoms with Crippen LogP contribution >= 0.6 is 0 Å². The maximum atomic E-state index is 15.2. The summed E-state index contributed by atoms with van der Waals surface area (Å²) in [6.07, 6.45) is 0. The van der Waals surface area contributed by atoms with Gasteiger partial charge in [0.15, 0.2) is 23.3 Å². The summed E-state index contributed by atoms with van der Waals surface area (Å²) in [5.74, 6) is -6.67. The zero-order valence-corrected chi connectivity index (χ0v) is 21.5. The lowest BCUT2D eigenvalue weighted by atomic mass is 9.92. The van der Waals surface area contributed by atoms with Gasteiger partial charge in [0.25, 0.3) is 0 Å². The van der Waals surface area contributed by atoms with Crippen molar-refractivity contribution < 1.29 is 17.6 Å². The molecule has 0 fully saturated rings. The molecule has 0 atom stereocenters. The number of nitrogens with one attached hydrogen (secondary N) is 2. The Labute approximate surface area is 199 Å². The zero-order valence-electron chi connectivity index (χ0n) is 21.5. The number of hydrogen-bond acceptors (Lipinski definition) is 2. The minimum Gasteiger partial charge on any atom is -0.351 e. The molecule has 3 rings (SSSR count). The van der Waals surface area contributed by atoms with Gasteiger partial charge in [-0.25, -0.2) is 17.6 Å². The zero-order chi connectivity index (χ0) is 25.8. The second kappa shape index (κ2) is 8.97. The molecular weight excluding hydrogens is 440 g/mol. The number of rotatable bonds is 4. The molecule has 0 aliphatic carbocycles. The molecule has 6 heteroatoms. The van der Waals surface area contributed by atoms with Gasteiger partial charge in [0.2, 0.25) is 0 Å². The molecule has 3 aromatic rings. The van der Waals surface area contributed by atoms with Crippen molar-refractivity contribution in [3.63, 3.8) is 0 Å². The summed E-state index contributed by atoms with van der Waals surface area (Å²) in [6, 6.07) is 0. The summed E-state index contributed by atoms with van der Waals surface area (Å²) in [4.78, 5) is 0. The van der Waals surface area contributed by atoms with Gasteiger partial charge in [-0.2, -0.15) is 0 Å². The minimum atomic E-state index is -1.86. The number of hydrogen-bond donors (Lipinski definition) is 2. The predicted molar refractivity (Wildman–Crippen MR) is 133 cm³/mol. The minimum absolute atomic E-state index is 0.472. The Morgan fingerprint density at radius 2 is 0.500 bits per heavy atom. The van der Waals surface area contributed by atoms with Gasteiger partial charge in [0, 0.05) is 11.4 Å². The van der Waals surface area contributed by atoms with E-state index in [1.54, 1.807) is 0 Å². The van der Waals surface area contributed by atoms with Crippen molar-refractivity contribution in [2.45, 2.75) is 69.2 Å². The fourth-order valence-electron chi connectivity index (χ4n) is 4.49.